The van der Waals surface area contributed by atoms with Crippen molar-refractivity contribution in [3.63, 3.8) is 0 Å². The Morgan fingerprint density at radius 1 is 0.613 bits per heavy atom. The molecule has 31 heavy (non-hydrogen) atoms. The number of hydrogen-bond donors (Lipinski definition) is 3. The van der Waals surface area contributed by atoms with Crippen LogP contribution < -0.4 is 53.2 Å². The van der Waals surface area contributed by atoms with E-state index in [2.05, 4.69) is 83.5 Å². The van der Waals surface area contributed by atoms with Gasteiger partial charge in [-0.25, -0.2) is 0 Å². The molecule has 2 atom stereocenters. The normalized spacial score (nSPS) is 16.5. The topological polar surface area (TPSA) is 36.1 Å². The van der Waals surface area contributed by atoms with E-state index < -0.39 is 0 Å². The maximum Gasteiger partial charge on any atom is 4.00 e. The van der Waals surface area contributed by atoms with Crippen molar-refractivity contribution in [3.8, 4) is 0 Å². The second-order valence-corrected chi connectivity index (χ2v) is 6.72. The third-order valence-electron chi connectivity index (χ3n) is 4.51. The van der Waals surface area contributed by atoms with Gasteiger partial charge in [0.2, 0.25) is 0 Å². The van der Waals surface area contributed by atoms with E-state index in [-0.39, 0.29) is 54.6 Å². The maximum atomic E-state index is 3.72. The average molecular weight is 517 g/mol. The Hall–Kier alpha value is -1.19. The molecule has 4 rings (SSSR count). The van der Waals surface area contributed by atoms with E-state index in [1.54, 1.807) is 0 Å². The van der Waals surface area contributed by atoms with Crippen LogP contribution in [0, 0.1) is 6.92 Å². The first-order chi connectivity index (χ1) is 13.3. The largest absolute Gasteiger partial charge is 4.00 e. The quantitative estimate of drug-likeness (QED) is 0.304. The molecule has 1 aliphatic heterocycles. The van der Waals surface area contributed by atoms with Gasteiger partial charge in [-0.15, -0.1) is 12.1 Å². The summed E-state index contributed by atoms with van der Waals surface area (Å²) in [5.41, 5.74) is 3.79. The van der Waals surface area contributed by atoms with Crippen LogP contribution in [0.2, 0.25) is 0 Å². The Bertz CT molecular complexity index is 732. The van der Waals surface area contributed by atoms with Crippen LogP contribution in [0.1, 0.15) is 16.7 Å². The molecule has 1 fully saturated rings. The van der Waals surface area contributed by atoms with Crippen LogP contribution in [0.25, 0.3) is 0 Å². The summed E-state index contributed by atoms with van der Waals surface area (Å²) in [4.78, 5) is 0. The first kappa shape index (κ1) is 32.0. The van der Waals surface area contributed by atoms with Crippen molar-refractivity contribution in [2.24, 2.45) is 0 Å². The van der Waals surface area contributed by atoms with Gasteiger partial charge in [0.1, 0.15) is 0 Å². The van der Waals surface area contributed by atoms with Crippen molar-refractivity contribution < 1.29 is 54.6 Å². The van der Waals surface area contributed by atoms with E-state index >= 15 is 0 Å². The van der Waals surface area contributed by atoms with E-state index in [0.29, 0.717) is 12.3 Å². The van der Waals surface area contributed by atoms with E-state index in [0.717, 1.165) is 25.1 Å². The van der Waals surface area contributed by atoms with Crippen LogP contribution >= 0.6 is 0 Å². The molecule has 0 bridgehead atoms. The molecule has 3 aromatic carbocycles. The standard InChI is InChI=1S/C17H21N3.C7H7.3ClH.Cr/c1-3-7-14(8-4-1)11-16-18-13-19-17(20-16)12-15-9-5-2-6-10-15;1-7-5-3-2-4-6-7;;;;/h1-10,16-20H,11-13H2;2-6H,1H2;3*1H;/q;-1;;;;+4/p-3. The number of halogens is 3. The predicted octanol–water partition coefficient (Wildman–Crippen LogP) is -5.26. The van der Waals surface area contributed by atoms with Crippen LogP contribution in [0.3, 0.4) is 0 Å². The average Bonchev–Trinajstić information content (AvgIpc) is 2.71. The molecule has 0 aliphatic carbocycles. The molecule has 3 N–H and O–H groups in total. The number of hydrogen-bond acceptors (Lipinski definition) is 3. The van der Waals surface area contributed by atoms with Crippen LogP contribution in [0.15, 0.2) is 91.0 Å². The van der Waals surface area contributed by atoms with E-state index in [4.69, 9.17) is 0 Å². The summed E-state index contributed by atoms with van der Waals surface area (Å²) >= 11 is 0. The van der Waals surface area contributed by atoms with Crippen LogP contribution in [0.5, 0.6) is 0 Å². The van der Waals surface area contributed by atoms with Crippen molar-refractivity contribution in [2.75, 3.05) is 6.67 Å². The van der Waals surface area contributed by atoms with Gasteiger partial charge in [-0.3, -0.25) is 16.0 Å². The van der Waals surface area contributed by atoms with Gasteiger partial charge in [0.25, 0.3) is 0 Å². The van der Waals surface area contributed by atoms with Gasteiger partial charge in [-0.1, -0.05) is 66.7 Å². The molecule has 3 aromatic rings. The van der Waals surface area contributed by atoms with Crippen molar-refractivity contribution in [3.05, 3.63) is 115 Å². The van der Waals surface area contributed by atoms with Crippen molar-refractivity contribution in [1.82, 2.24) is 16.0 Å². The monoisotopic (exact) mass is 515 g/mol. The molecule has 0 spiro atoms. The summed E-state index contributed by atoms with van der Waals surface area (Å²) in [5.74, 6) is 0. The summed E-state index contributed by atoms with van der Waals surface area (Å²) in [6.45, 7) is 4.57. The van der Waals surface area contributed by atoms with Crippen LogP contribution in [0.4, 0.5) is 0 Å². The molecule has 0 radical (unpaired) electrons. The van der Waals surface area contributed by atoms with Crippen LogP contribution in [-0.2, 0) is 30.2 Å². The molecule has 3 nitrogen and oxygen atoms in total. The Balaban J connectivity index is 0. The molecule has 166 valence electrons. The molecule has 0 saturated carbocycles. The third kappa shape index (κ3) is 12.4. The number of nitrogens with one attached hydrogen (secondary N) is 3. The molecule has 1 heterocycles. The van der Waals surface area contributed by atoms with Gasteiger partial charge in [0, 0.05) is 19.5 Å². The summed E-state index contributed by atoms with van der Waals surface area (Å²) in [6.07, 6.45) is 2.67. The fourth-order valence-electron chi connectivity index (χ4n) is 3.11. The van der Waals surface area contributed by atoms with E-state index in [1.165, 1.54) is 11.1 Å². The van der Waals surface area contributed by atoms with Crippen molar-refractivity contribution in [1.29, 1.82) is 0 Å². The zero-order chi connectivity index (χ0) is 18.7. The third-order valence-corrected chi connectivity index (χ3v) is 4.51. The molecule has 1 saturated heterocycles. The number of benzene rings is 3. The molecule has 2 unspecified atom stereocenters. The zero-order valence-electron chi connectivity index (χ0n) is 17.2. The molecule has 7 heteroatoms. The minimum absolute atomic E-state index is 0. The molecular formula is C24H28Cl3CrN3. The van der Waals surface area contributed by atoms with E-state index in [1.807, 2.05) is 30.3 Å². The van der Waals surface area contributed by atoms with Gasteiger partial charge >= 0.3 is 17.4 Å². The Morgan fingerprint density at radius 3 is 1.29 bits per heavy atom. The van der Waals surface area contributed by atoms with Crippen molar-refractivity contribution in [2.45, 2.75) is 25.2 Å². The first-order valence-corrected chi connectivity index (χ1v) is 9.47. The zero-order valence-corrected chi connectivity index (χ0v) is 20.7. The predicted molar refractivity (Wildman–Crippen MR) is 113 cm³/mol. The molecule has 1 aliphatic rings. The van der Waals surface area contributed by atoms with E-state index in [9.17, 15) is 0 Å². The minimum Gasteiger partial charge on any atom is -1.00 e. The van der Waals surface area contributed by atoms with Gasteiger partial charge < -0.3 is 37.2 Å². The summed E-state index contributed by atoms with van der Waals surface area (Å²) in [7, 11) is 0. The summed E-state index contributed by atoms with van der Waals surface area (Å²) in [5, 5.41) is 10.6. The fourth-order valence-corrected chi connectivity index (χ4v) is 3.11. The molecule has 0 amide bonds. The second kappa shape index (κ2) is 18.4. The van der Waals surface area contributed by atoms with Gasteiger partial charge in [-0.2, -0.15) is 24.6 Å². The van der Waals surface area contributed by atoms with Gasteiger partial charge in [0.05, 0.1) is 12.3 Å². The maximum absolute atomic E-state index is 3.72. The summed E-state index contributed by atoms with van der Waals surface area (Å²) in [6, 6.07) is 31.1. The molecule has 0 aromatic heterocycles. The smallest absolute Gasteiger partial charge is 1.00 e. The Kier molecular flexibility index (Phi) is 19.0. The Morgan fingerprint density at radius 2 is 0.968 bits per heavy atom. The van der Waals surface area contributed by atoms with Gasteiger partial charge in [-0.05, 0) is 11.1 Å². The number of rotatable bonds is 4. The minimum atomic E-state index is 0. The summed E-state index contributed by atoms with van der Waals surface area (Å²) < 4.78 is 0. The Labute approximate surface area is 216 Å². The second-order valence-electron chi connectivity index (χ2n) is 6.72. The van der Waals surface area contributed by atoms with Gasteiger partial charge in [0.15, 0.2) is 0 Å². The SMILES string of the molecule is [CH2-]c1ccccc1.[Cl-].[Cl-].[Cl-].[Cr+4].c1ccc(CC2NCNC(Cc3ccccc3)N2)cc1. The van der Waals surface area contributed by atoms with Crippen molar-refractivity contribution >= 4 is 0 Å². The fraction of sp³-hybridized carbons (Fsp3) is 0.208. The van der Waals surface area contributed by atoms with Crippen LogP contribution in [-0.4, -0.2) is 19.0 Å². The first-order valence-electron chi connectivity index (χ1n) is 9.47. The molecular weight excluding hydrogens is 489 g/mol.